The van der Waals surface area contributed by atoms with E-state index in [-0.39, 0.29) is 12.4 Å². The summed E-state index contributed by atoms with van der Waals surface area (Å²) in [6, 6.07) is 1.76. The zero-order valence-corrected chi connectivity index (χ0v) is 8.92. The second-order valence-electron chi connectivity index (χ2n) is 3.30. The minimum Gasteiger partial charge on any atom is -0.466 e. The van der Waals surface area contributed by atoms with E-state index >= 15 is 0 Å². The van der Waals surface area contributed by atoms with E-state index in [4.69, 9.17) is 9.15 Å². The number of aryl methyl sites for hydroxylation is 2. The Bertz CT molecular complexity index is 312. The molecule has 1 heterocycles. The molecule has 0 unspecified atom stereocenters. The molecule has 78 valence electrons. The average Bonchev–Trinajstić information content (AvgIpc) is 2.45. The third kappa shape index (κ3) is 2.70. The topological polar surface area (TPSA) is 39.4 Å². The average molecular weight is 196 g/mol. The highest BCUT2D eigenvalue weighted by Crippen LogP contribution is 2.14. The Labute approximate surface area is 84.1 Å². The number of rotatable bonds is 5. The Morgan fingerprint density at radius 3 is 2.71 bits per heavy atom. The Balaban J connectivity index is 2.56. The van der Waals surface area contributed by atoms with Crippen LogP contribution < -0.4 is 0 Å². The molecule has 0 fully saturated rings. The van der Waals surface area contributed by atoms with Crippen molar-refractivity contribution in [2.75, 3.05) is 13.2 Å². The van der Waals surface area contributed by atoms with E-state index in [9.17, 15) is 4.79 Å². The molecule has 0 aliphatic carbocycles. The predicted molar refractivity (Wildman–Crippen MR) is 53.6 cm³/mol. The van der Waals surface area contributed by atoms with Crippen LogP contribution in [0.5, 0.6) is 0 Å². The van der Waals surface area contributed by atoms with Crippen molar-refractivity contribution in [1.82, 2.24) is 0 Å². The van der Waals surface area contributed by atoms with Crippen molar-refractivity contribution in [3.05, 3.63) is 23.2 Å². The molecule has 3 heteroatoms. The van der Waals surface area contributed by atoms with Crippen molar-refractivity contribution in [2.45, 2.75) is 27.2 Å². The third-order valence-corrected chi connectivity index (χ3v) is 1.92. The van der Waals surface area contributed by atoms with Crippen molar-refractivity contribution in [1.29, 1.82) is 0 Å². The first kappa shape index (κ1) is 11.0. The summed E-state index contributed by atoms with van der Waals surface area (Å²) in [6.45, 7) is 6.41. The van der Waals surface area contributed by atoms with Crippen molar-refractivity contribution in [3.63, 3.8) is 0 Å². The van der Waals surface area contributed by atoms with E-state index in [1.807, 2.05) is 13.8 Å². The fourth-order valence-electron chi connectivity index (χ4n) is 1.29. The molecule has 0 bridgehead atoms. The first-order chi connectivity index (χ1) is 6.65. The molecule has 0 aromatic carbocycles. The van der Waals surface area contributed by atoms with Crippen molar-refractivity contribution >= 4 is 5.78 Å². The van der Waals surface area contributed by atoms with Crippen molar-refractivity contribution in [3.8, 4) is 0 Å². The van der Waals surface area contributed by atoms with Crippen LogP contribution in [0.2, 0.25) is 0 Å². The third-order valence-electron chi connectivity index (χ3n) is 1.92. The Morgan fingerprint density at radius 2 is 2.21 bits per heavy atom. The molecule has 0 saturated heterocycles. The molecule has 0 spiro atoms. The summed E-state index contributed by atoms with van der Waals surface area (Å²) in [5.74, 6) is 1.43. The standard InChI is InChI=1S/C11H16O3/c1-4-5-13-7-11(12)10-6-8(2)14-9(10)3/h6H,4-5,7H2,1-3H3. The van der Waals surface area contributed by atoms with Crippen LogP contribution in [0.1, 0.15) is 35.2 Å². The number of hydrogen-bond donors (Lipinski definition) is 0. The molecule has 3 nitrogen and oxygen atoms in total. The maximum absolute atomic E-state index is 11.6. The van der Waals surface area contributed by atoms with Crippen LogP contribution in [0, 0.1) is 13.8 Å². The molecule has 0 amide bonds. The molecule has 14 heavy (non-hydrogen) atoms. The van der Waals surface area contributed by atoms with Crippen molar-refractivity contribution in [2.24, 2.45) is 0 Å². The quantitative estimate of drug-likeness (QED) is 0.536. The fourth-order valence-corrected chi connectivity index (χ4v) is 1.29. The van der Waals surface area contributed by atoms with Gasteiger partial charge in [0.2, 0.25) is 0 Å². The maximum atomic E-state index is 11.6. The number of furan rings is 1. The summed E-state index contributed by atoms with van der Waals surface area (Å²) in [5.41, 5.74) is 0.638. The number of hydrogen-bond acceptors (Lipinski definition) is 3. The zero-order chi connectivity index (χ0) is 10.6. The first-order valence-corrected chi connectivity index (χ1v) is 4.83. The molecule has 0 saturated carbocycles. The minimum absolute atomic E-state index is 0.00667. The van der Waals surface area contributed by atoms with Gasteiger partial charge in [-0.15, -0.1) is 0 Å². The van der Waals surface area contributed by atoms with Gasteiger partial charge in [-0.05, 0) is 26.3 Å². The molecule has 0 N–H and O–H groups in total. The lowest BCUT2D eigenvalue weighted by molar-refractivity contribution is 0.0760. The number of ketones is 1. The van der Waals surface area contributed by atoms with Crippen molar-refractivity contribution < 1.29 is 13.9 Å². The van der Waals surface area contributed by atoms with Gasteiger partial charge in [0.05, 0.1) is 5.56 Å². The van der Waals surface area contributed by atoms with Crippen LogP contribution in [0.4, 0.5) is 0 Å². The molecule has 0 aliphatic heterocycles. The van der Waals surface area contributed by atoms with E-state index in [1.165, 1.54) is 0 Å². The van der Waals surface area contributed by atoms with Crippen LogP contribution in [-0.4, -0.2) is 19.0 Å². The Kier molecular flexibility index (Phi) is 3.89. The van der Waals surface area contributed by atoms with Crippen LogP contribution in [-0.2, 0) is 4.74 Å². The molecular weight excluding hydrogens is 180 g/mol. The Morgan fingerprint density at radius 1 is 1.50 bits per heavy atom. The number of Topliss-reactive ketones (excluding diaryl/α,β-unsaturated/α-hetero) is 1. The normalized spacial score (nSPS) is 10.5. The first-order valence-electron chi connectivity index (χ1n) is 4.83. The van der Waals surface area contributed by atoms with Gasteiger partial charge in [0, 0.05) is 6.61 Å². The second-order valence-corrected chi connectivity index (χ2v) is 3.30. The van der Waals surface area contributed by atoms with E-state index in [0.29, 0.717) is 17.9 Å². The highest BCUT2D eigenvalue weighted by Gasteiger charge is 2.12. The van der Waals surface area contributed by atoms with E-state index < -0.39 is 0 Å². The summed E-state index contributed by atoms with van der Waals surface area (Å²) in [6.07, 6.45) is 0.927. The summed E-state index contributed by atoms with van der Waals surface area (Å²) in [7, 11) is 0. The summed E-state index contributed by atoms with van der Waals surface area (Å²) >= 11 is 0. The van der Waals surface area contributed by atoms with Crippen LogP contribution >= 0.6 is 0 Å². The minimum atomic E-state index is -0.00667. The van der Waals surface area contributed by atoms with Gasteiger partial charge in [0.15, 0.2) is 5.78 Å². The van der Waals surface area contributed by atoms with Gasteiger partial charge >= 0.3 is 0 Å². The van der Waals surface area contributed by atoms with Gasteiger partial charge in [-0.1, -0.05) is 6.92 Å². The molecular formula is C11H16O3. The molecule has 0 radical (unpaired) electrons. The molecule has 1 aromatic rings. The van der Waals surface area contributed by atoms with Gasteiger partial charge in [0.1, 0.15) is 18.1 Å². The largest absolute Gasteiger partial charge is 0.466 e. The van der Waals surface area contributed by atoms with Crippen LogP contribution in [0.15, 0.2) is 10.5 Å². The molecule has 1 aromatic heterocycles. The van der Waals surface area contributed by atoms with Gasteiger partial charge in [-0.2, -0.15) is 0 Å². The monoisotopic (exact) mass is 196 g/mol. The summed E-state index contributed by atoms with van der Waals surface area (Å²) < 4.78 is 10.4. The van der Waals surface area contributed by atoms with E-state index in [2.05, 4.69) is 0 Å². The lowest BCUT2D eigenvalue weighted by atomic mass is 10.2. The molecule has 0 aliphatic rings. The number of carbonyl (C=O) groups excluding carboxylic acids is 1. The Hall–Kier alpha value is -1.09. The fraction of sp³-hybridized carbons (Fsp3) is 0.545. The van der Waals surface area contributed by atoms with Crippen LogP contribution in [0.3, 0.4) is 0 Å². The number of carbonyl (C=O) groups is 1. The molecule has 0 atom stereocenters. The lowest BCUT2D eigenvalue weighted by Gasteiger charge is -2.00. The zero-order valence-electron chi connectivity index (χ0n) is 8.92. The van der Waals surface area contributed by atoms with Gasteiger partial charge < -0.3 is 9.15 Å². The lowest BCUT2D eigenvalue weighted by Crippen LogP contribution is -2.09. The molecule has 1 rings (SSSR count). The SMILES string of the molecule is CCCOCC(=O)c1cc(C)oc1C. The summed E-state index contributed by atoms with van der Waals surface area (Å²) in [4.78, 5) is 11.6. The number of ether oxygens (including phenoxy) is 1. The van der Waals surface area contributed by atoms with Crippen LogP contribution in [0.25, 0.3) is 0 Å². The maximum Gasteiger partial charge on any atom is 0.191 e. The van der Waals surface area contributed by atoms with E-state index in [0.717, 1.165) is 12.2 Å². The summed E-state index contributed by atoms with van der Waals surface area (Å²) in [5, 5.41) is 0. The van der Waals surface area contributed by atoms with Gasteiger partial charge in [0.25, 0.3) is 0 Å². The highest BCUT2D eigenvalue weighted by molar-refractivity contribution is 5.98. The van der Waals surface area contributed by atoms with E-state index in [1.54, 1.807) is 13.0 Å². The predicted octanol–water partition coefficient (Wildman–Crippen LogP) is 2.51. The second kappa shape index (κ2) is 4.96. The van der Waals surface area contributed by atoms with Gasteiger partial charge in [-0.3, -0.25) is 4.79 Å². The van der Waals surface area contributed by atoms with Gasteiger partial charge in [-0.25, -0.2) is 0 Å². The smallest absolute Gasteiger partial charge is 0.191 e. The highest BCUT2D eigenvalue weighted by atomic mass is 16.5.